The summed E-state index contributed by atoms with van der Waals surface area (Å²) in [5, 5.41) is 2.25. The van der Waals surface area contributed by atoms with Crippen LogP contribution >= 0.6 is 0 Å². The van der Waals surface area contributed by atoms with Crippen molar-refractivity contribution in [2.24, 2.45) is 0 Å². The number of halogens is 2. The summed E-state index contributed by atoms with van der Waals surface area (Å²) >= 11 is 0. The first-order valence-electron chi connectivity index (χ1n) is 11.2. The summed E-state index contributed by atoms with van der Waals surface area (Å²) < 4.78 is 29.4. The van der Waals surface area contributed by atoms with Crippen LogP contribution in [0, 0.1) is 18.7 Å². The maximum atomic E-state index is 15.2. The quantitative estimate of drug-likeness (QED) is 0.438. The molecule has 2 N–H and O–H groups in total. The number of aromatic nitrogens is 3. The van der Waals surface area contributed by atoms with Gasteiger partial charge in [-0.3, -0.25) is 14.5 Å². The molecule has 3 aromatic rings. The second kappa shape index (κ2) is 11.1. The number of benzene rings is 1. The number of aromatic amines is 1. The van der Waals surface area contributed by atoms with E-state index in [1.165, 1.54) is 0 Å². The summed E-state index contributed by atoms with van der Waals surface area (Å²) in [5.74, 6) is -0.900. The second-order valence-corrected chi connectivity index (χ2v) is 8.10. The zero-order chi connectivity index (χ0) is 24.8. The van der Waals surface area contributed by atoms with Gasteiger partial charge in [0.2, 0.25) is 12.4 Å². The Bertz CT molecular complexity index is 1210. The third-order valence-electron chi connectivity index (χ3n) is 5.98. The largest absolute Gasteiger partial charge is 0.365 e. The lowest BCUT2D eigenvalue weighted by Crippen LogP contribution is -2.47. The maximum absolute atomic E-state index is 15.2. The number of anilines is 1. The van der Waals surface area contributed by atoms with Crippen LogP contribution in [0.5, 0.6) is 0 Å². The van der Waals surface area contributed by atoms with Crippen LogP contribution in [0.2, 0.25) is 0 Å². The third kappa shape index (κ3) is 5.39. The third-order valence-corrected chi connectivity index (χ3v) is 5.98. The lowest BCUT2D eigenvalue weighted by atomic mass is 10.0. The number of nitrogens with one attached hydrogen (secondary N) is 2. The Morgan fingerprint density at radius 1 is 1.15 bits per heavy atom. The average Bonchev–Trinajstić information content (AvgIpc) is 2.84. The molecule has 0 bridgehead atoms. The number of carbonyl (C=O) groups is 1. The van der Waals surface area contributed by atoms with Gasteiger partial charge in [0, 0.05) is 50.5 Å². The molecule has 34 heavy (non-hydrogen) atoms. The molecule has 1 fully saturated rings. The van der Waals surface area contributed by atoms with Crippen LogP contribution in [0.25, 0.3) is 11.0 Å². The number of rotatable bonds is 5. The van der Waals surface area contributed by atoms with Crippen molar-refractivity contribution < 1.29 is 13.6 Å². The summed E-state index contributed by atoms with van der Waals surface area (Å²) in [6.07, 6.45) is 1.12. The van der Waals surface area contributed by atoms with Crippen molar-refractivity contribution in [1.82, 2.24) is 25.2 Å². The highest BCUT2D eigenvalue weighted by atomic mass is 19.1. The zero-order valence-electron chi connectivity index (χ0n) is 19.9. The van der Waals surface area contributed by atoms with Crippen molar-refractivity contribution in [2.75, 3.05) is 38.1 Å². The lowest BCUT2D eigenvalue weighted by Gasteiger charge is -2.39. The van der Waals surface area contributed by atoms with Crippen molar-refractivity contribution in [2.45, 2.75) is 33.2 Å². The molecule has 1 amide bonds. The maximum Gasteiger partial charge on any atom is 0.270 e. The number of hydrogen-bond donors (Lipinski definition) is 2. The van der Waals surface area contributed by atoms with E-state index in [2.05, 4.69) is 25.2 Å². The molecule has 3 heterocycles. The number of nitrogens with zero attached hydrogens (tertiary/aromatic N) is 4. The molecule has 1 atom stereocenters. The molecule has 0 spiro atoms. The van der Waals surface area contributed by atoms with Gasteiger partial charge >= 0.3 is 0 Å². The van der Waals surface area contributed by atoms with Crippen molar-refractivity contribution in [3.63, 3.8) is 0 Å². The van der Waals surface area contributed by atoms with Crippen molar-refractivity contribution in [3.8, 4) is 0 Å². The zero-order valence-corrected chi connectivity index (χ0v) is 19.9. The van der Waals surface area contributed by atoms with E-state index in [1.807, 2.05) is 18.7 Å². The van der Waals surface area contributed by atoms with E-state index in [-0.39, 0.29) is 17.1 Å². The lowest BCUT2D eigenvalue weighted by molar-refractivity contribution is -0.109. The standard InChI is InChI=1S/C22H25F2N5O.C2H5NO/c1-4-16-22(30)27-20-17(26-16)7-6-15(19(20)23)14(3)28-9-11-29(12-10-28)18-8-5-13(2)25-21(18)24;1-3-2-4/h5-8,14H,4,9-12H2,1-3H3,(H,27,30);2H,1H3,(H,3,4)/t14-;/m1./s1. The van der Waals surface area contributed by atoms with Crippen LogP contribution in [0.3, 0.4) is 0 Å². The van der Waals surface area contributed by atoms with Crippen molar-refractivity contribution in [1.29, 1.82) is 0 Å². The minimum Gasteiger partial charge on any atom is -0.365 e. The van der Waals surface area contributed by atoms with Crippen LogP contribution < -0.4 is 15.8 Å². The average molecular weight is 473 g/mol. The van der Waals surface area contributed by atoms with Gasteiger partial charge in [-0.1, -0.05) is 13.0 Å². The molecule has 2 aromatic heterocycles. The normalized spacial score (nSPS) is 14.9. The summed E-state index contributed by atoms with van der Waals surface area (Å²) in [6.45, 7) is 8.12. The van der Waals surface area contributed by atoms with E-state index in [9.17, 15) is 9.18 Å². The molecule has 10 heteroatoms. The molecular formula is C24H30F2N6O2. The van der Waals surface area contributed by atoms with Gasteiger partial charge in [-0.25, -0.2) is 14.4 Å². The fraction of sp³-hybridized carbons (Fsp3) is 0.417. The first kappa shape index (κ1) is 25.2. The highest BCUT2D eigenvalue weighted by Gasteiger charge is 2.26. The van der Waals surface area contributed by atoms with E-state index in [0.717, 1.165) is 0 Å². The number of hydrogen-bond acceptors (Lipinski definition) is 6. The molecule has 0 aliphatic carbocycles. The second-order valence-electron chi connectivity index (χ2n) is 8.10. The summed E-state index contributed by atoms with van der Waals surface area (Å²) in [6, 6.07) is 6.86. The first-order valence-corrected chi connectivity index (χ1v) is 11.2. The Balaban J connectivity index is 0.000000751. The summed E-state index contributed by atoms with van der Waals surface area (Å²) in [4.78, 5) is 36.1. The van der Waals surface area contributed by atoms with Crippen LogP contribution in [-0.4, -0.2) is 59.5 Å². The number of carbonyl (C=O) groups excluding carboxylic acids is 1. The fourth-order valence-electron chi connectivity index (χ4n) is 4.04. The first-order chi connectivity index (χ1) is 16.3. The molecule has 1 aliphatic heterocycles. The van der Waals surface area contributed by atoms with Gasteiger partial charge in [0.05, 0.1) is 11.2 Å². The van der Waals surface area contributed by atoms with Crippen molar-refractivity contribution >= 4 is 23.1 Å². The molecule has 1 aromatic carbocycles. The SMILES string of the molecule is CCc1nc2ccc([C@@H](C)N3CCN(c4ccc(C)nc4F)CC3)c(F)c2[nH]c1=O.CNC=O. The molecule has 1 saturated heterocycles. The molecule has 4 rings (SSSR count). The van der Waals surface area contributed by atoms with Crippen molar-refractivity contribution in [3.05, 3.63) is 63.3 Å². The summed E-state index contributed by atoms with van der Waals surface area (Å²) in [5.41, 5.74) is 2.31. The number of pyridine rings is 1. The minimum atomic E-state index is -0.458. The molecule has 182 valence electrons. The molecule has 0 saturated carbocycles. The summed E-state index contributed by atoms with van der Waals surface area (Å²) in [7, 11) is 1.56. The highest BCUT2D eigenvalue weighted by molar-refractivity contribution is 5.76. The smallest absolute Gasteiger partial charge is 0.270 e. The van der Waals surface area contributed by atoms with Crippen LogP contribution in [-0.2, 0) is 11.2 Å². The van der Waals surface area contributed by atoms with Gasteiger partial charge in [-0.15, -0.1) is 0 Å². The Morgan fingerprint density at radius 3 is 2.41 bits per heavy atom. The number of H-pyrrole nitrogens is 1. The monoisotopic (exact) mass is 472 g/mol. The molecule has 0 radical (unpaired) electrons. The molecule has 0 unspecified atom stereocenters. The van der Waals surface area contributed by atoms with Gasteiger partial charge in [0.15, 0.2) is 5.82 Å². The van der Waals surface area contributed by atoms with Crippen LogP contribution in [0.15, 0.2) is 29.1 Å². The topological polar surface area (TPSA) is 94.2 Å². The van der Waals surface area contributed by atoms with Gasteiger partial charge < -0.3 is 15.2 Å². The van der Waals surface area contributed by atoms with E-state index in [4.69, 9.17) is 4.79 Å². The Morgan fingerprint density at radius 2 is 1.82 bits per heavy atom. The molecular weight excluding hydrogens is 442 g/mol. The molecule has 1 aliphatic rings. The van der Waals surface area contributed by atoms with E-state index >= 15 is 4.39 Å². The van der Waals surface area contributed by atoms with E-state index in [1.54, 1.807) is 38.2 Å². The van der Waals surface area contributed by atoms with E-state index in [0.29, 0.717) is 67.2 Å². The Labute approximate surface area is 197 Å². The van der Waals surface area contributed by atoms with Gasteiger partial charge in [0.1, 0.15) is 11.2 Å². The number of amides is 1. The number of fused-ring (bicyclic) bond motifs is 1. The highest BCUT2D eigenvalue weighted by Crippen LogP contribution is 2.29. The number of aryl methyl sites for hydroxylation is 2. The van der Waals surface area contributed by atoms with Gasteiger partial charge in [-0.05, 0) is 38.5 Å². The predicted molar refractivity (Wildman–Crippen MR) is 128 cm³/mol. The Hall–Kier alpha value is -3.40. The van der Waals surface area contributed by atoms with Crippen LogP contribution in [0.4, 0.5) is 14.5 Å². The van der Waals surface area contributed by atoms with E-state index < -0.39 is 11.8 Å². The fourth-order valence-corrected chi connectivity index (χ4v) is 4.04. The number of piperazine rings is 1. The van der Waals surface area contributed by atoms with Crippen LogP contribution in [0.1, 0.15) is 36.8 Å². The van der Waals surface area contributed by atoms with Gasteiger partial charge in [0.25, 0.3) is 5.56 Å². The molecule has 8 nitrogen and oxygen atoms in total. The minimum absolute atomic E-state index is 0.146. The Kier molecular flexibility index (Phi) is 8.27. The van der Waals surface area contributed by atoms with Gasteiger partial charge in [-0.2, -0.15) is 4.39 Å². The predicted octanol–water partition coefficient (Wildman–Crippen LogP) is 2.71.